The maximum Gasteiger partial charge on any atom is 0.287 e. The Balaban J connectivity index is 2.39. The van der Waals surface area contributed by atoms with Crippen molar-refractivity contribution in [1.82, 2.24) is 5.32 Å². The Bertz CT molecular complexity index is 344. The zero-order valence-corrected chi connectivity index (χ0v) is 9.99. The van der Waals surface area contributed by atoms with E-state index >= 15 is 0 Å². The Morgan fingerprint density at radius 1 is 1.56 bits per heavy atom. The van der Waals surface area contributed by atoms with Crippen LogP contribution in [0.15, 0.2) is 16.7 Å². The Labute approximate surface area is 95.7 Å². The predicted octanol–water partition coefficient (Wildman–Crippen LogP) is 1.72. The first-order valence-electron chi connectivity index (χ1n) is 5.51. The molecule has 1 aromatic heterocycles. The van der Waals surface area contributed by atoms with Gasteiger partial charge in [0.15, 0.2) is 5.76 Å². The lowest BCUT2D eigenvalue weighted by atomic mass is 10.0. The standard InChI is InChI=1S/C12H19NO3/c1-8(6-10(3)14)7-13-12(15)11-9(2)4-5-16-11/h4-5,8,10,14H,6-7H2,1-3H3,(H,13,15). The maximum atomic E-state index is 11.6. The van der Waals surface area contributed by atoms with Crippen molar-refractivity contribution >= 4 is 5.91 Å². The zero-order valence-electron chi connectivity index (χ0n) is 9.99. The molecule has 0 aromatic carbocycles. The fraction of sp³-hybridized carbons (Fsp3) is 0.583. The largest absolute Gasteiger partial charge is 0.459 e. The average Bonchev–Trinajstić information content (AvgIpc) is 2.60. The van der Waals surface area contributed by atoms with Crippen LogP contribution < -0.4 is 5.32 Å². The van der Waals surface area contributed by atoms with E-state index in [2.05, 4.69) is 5.32 Å². The van der Waals surface area contributed by atoms with Gasteiger partial charge >= 0.3 is 0 Å². The maximum absolute atomic E-state index is 11.6. The Morgan fingerprint density at radius 2 is 2.25 bits per heavy atom. The summed E-state index contributed by atoms with van der Waals surface area (Å²) < 4.78 is 5.08. The van der Waals surface area contributed by atoms with Crippen molar-refractivity contribution in [2.45, 2.75) is 33.3 Å². The molecule has 2 atom stereocenters. The van der Waals surface area contributed by atoms with Gasteiger partial charge < -0.3 is 14.8 Å². The van der Waals surface area contributed by atoms with Crippen LogP contribution in [0, 0.1) is 12.8 Å². The van der Waals surface area contributed by atoms with Crippen LogP contribution in [0.3, 0.4) is 0 Å². The summed E-state index contributed by atoms with van der Waals surface area (Å²) in [5.74, 6) is 0.420. The van der Waals surface area contributed by atoms with Gasteiger partial charge in [0.1, 0.15) is 0 Å². The van der Waals surface area contributed by atoms with Crippen molar-refractivity contribution in [3.8, 4) is 0 Å². The van der Waals surface area contributed by atoms with Gasteiger partial charge in [-0.25, -0.2) is 0 Å². The van der Waals surface area contributed by atoms with Gasteiger partial charge in [-0.2, -0.15) is 0 Å². The van der Waals surface area contributed by atoms with Gasteiger partial charge in [-0.15, -0.1) is 0 Å². The summed E-state index contributed by atoms with van der Waals surface area (Å²) in [6, 6.07) is 1.76. The molecule has 90 valence electrons. The van der Waals surface area contributed by atoms with Crippen molar-refractivity contribution in [1.29, 1.82) is 0 Å². The van der Waals surface area contributed by atoms with E-state index in [1.807, 2.05) is 13.8 Å². The highest BCUT2D eigenvalue weighted by Gasteiger charge is 2.13. The second kappa shape index (κ2) is 5.70. The quantitative estimate of drug-likeness (QED) is 0.802. The molecule has 0 spiro atoms. The lowest BCUT2D eigenvalue weighted by molar-refractivity contribution is 0.0911. The minimum atomic E-state index is -0.336. The molecule has 16 heavy (non-hydrogen) atoms. The van der Waals surface area contributed by atoms with Crippen LogP contribution in [0.2, 0.25) is 0 Å². The molecule has 4 heteroatoms. The molecule has 1 aromatic rings. The molecule has 1 heterocycles. The normalized spacial score (nSPS) is 14.5. The smallest absolute Gasteiger partial charge is 0.287 e. The number of carbonyl (C=O) groups excluding carboxylic acids is 1. The van der Waals surface area contributed by atoms with Gasteiger partial charge in [0, 0.05) is 12.1 Å². The summed E-state index contributed by atoms with van der Waals surface area (Å²) in [6.45, 7) is 6.11. The summed E-state index contributed by atoms with van der Waals surface area (Å²) in [6.07, 6.45) is 1.85. The number of amides is 1. The molecule has 0 saturated carbocycles. The van der Waals surface area contributed by atoms with E-state index in [0.717, 1.165) is 5.56 Å². The van der Waals surface area contributed by atoms with Crippen molar-refractivity contribution in [2.75, 3.05) is 6.54 Å². The topological polar surface area (TPSA) is 62.5 Å². The minimum Gasteiger partial charge on any atom is -0.459 e. The molecule has 0 fully saturated rings. The Hall–Kier alpha value is -1.29. The molecule has 2 unspecified atom stereocenters. The van der Waals surface area contributed by atoms with Gasteiger partial charge in [0.05, 0.1) is 12.4 Å². The molecule has 1 amide bonds. The van der Waals surface area contributed by atoms with Crippen LogP contribution in [-0.2, 0) is 0 Å². The van der Waals surface area contributed by atoms with Gasteiger partial charge in [0.2, 0.25) is 0 Å². The number of aliphatic hydroxyl groups excluding tert-OH is 1. The van der Waals surface area contributed by atoms with Gasteiger partial charge in [0.25, 0.3) is 5.91 Å². The summed E-state index contributed by atoms with van der Waals surface area (Å²) in [4.78, 5) is 11.6. The third kappa shape index (κ3) is 3.70. The summed E-state index contributed by atoms with van der Waals surface area (Å²) in [7, 11) is 0. The second-order valence-corrected chi connectivity index (χ2v) is 4.33. The molecule has 0 saturated heterocycles. The van der Waals surface area contributed by atoms with E-state index in [1.54, 1.807) is 13.0 Å². The Kier molecular flexibility index (Phi) is 4.55. The second-order valence-electron chi connectivity index (χ2n) is 4.33. The lowest BCUT2D eigenvalue weighted by Gasteiger charge is -2.13. The van der Waals surface area contributed by atoms with Crippen LogP contribution in [0.1, 0.15) is 36.4 Å². The molecule has 0 bridgehead atoms. The average molecular weight is 225 g/mol. The van der Waals surface area contributed by atoms with E-state index in [0.29, 0.717) is 18.7 Å². The van der Waals surface area contributed by atoms with Crippen molar-refractivity contribution < 1.29 is 14.3 Å². The van der Waals surface area contributed by atoms with Crippen LogP contribution in [0.5, 0.6) is 0 Å². The van der Waals surface area contributed by atoms with Crippen LogP contribution in [0.25, 0.3) is 0 Å². The summed E-state index contributed by atoms with van der Waals surface area (Å²) in [5.41, 5.74) is 0.834. The van der Waals surface area contributed by atoms with E-state index < -0.39 is 0 Å². The van der Waals surface area contributed by atoms with Crippen molar-refractivity contribution in [2.24, 2.45) is 5.92 Å². The molecule has 1 rings (SSSR count). The number of rotatable bonds is 5. The molecular formula is C12H19NO3. The number of furan rings is 1. The van der Waals surface area contributed by atoms with Crippen LogP contribution in [-0.4, -0.2) is 23.7 Å². The fourth-order valence-corrected chi connectivity index (χ4v) is 1.62. The molecular weight excluding hydrogens is 206 g/mol. The number of aliphatic hydroxyl groups is 1. The SMILES string of the molecule is Cc1ccoc1C(=O)NCC(C)CC(C)O. The summed E-state index contributed by atoms with van der Waals surface area (Å²) >= 11 is 0. The molecule has 4 nitrogen and oxygen atoms in total. The number of aryl methyl sites for hydroxylation is 1. The van der Waals surface area contributed by atoms with Crippen molar-refractivity contribution in [3.63, 3.8) is 0 Å². The number of carbonyl (C=O) groups is 1. The Morgan fingerprint density at radius 3 is 2.75 bits per heavy atom. The molecule has 0 radical (unpaired) electrons. The minimum absolute atomic E-state index is 0.194. The number of nitrogens with one attached hydrogen (secondary N) is 1. The fourth-order valence-electron chi connectivity index (χ4n) is 1.62. The van der Waals surface area contributed by atoms with E-state index in [-0.39, 0.29) is 17.9 Å². The number of hydrogen-bond donors (Lipinski definition) is 2. The summed E-state index contributed by atoms with van der Waals surface area (Å²) in [5, 5.41) is 12.0. The lowest BCUT2D eigenvalue weighted by Crippen LogP contribution is -2.29. The van der Waals surface area contributed by atoms with Gasteiger partial charge in [-0.1, -0.05) is 6.92 Å². The third-order valence-electron chi connectivity index (χ3n) is 2.42. The highest BCUT2D eigenvalue weighted by molar-refractivity contribution is 5.92. The van der Waals surface area contributed by atoms with Gasteiger partial charge in [-0.05, 0) is 32.3 Å². The molecule has 2 N–H and O–H groups in total. The molecule has 0 aliphatic rings. The first kappa shape index (κ1) is 12.8. The van der Waals surface area contributed by atoms with E-state index in [1.165, 1.54) is 6.26 Å². The first-order valence-corrected chi connectivity index (χ1v) is 5.51. The van der Waals surface area contributed by atoms with E-state index in [4.69, 9.17) is 4.42 Å². The highest BCUT2D eigenvalue weighted by Crippen LogP contribution is 2.09. The molecule has 0 aliphatic carbocycles. The molecule has 0 aliphatic heterocycles. The third-order valence-corrected chi connectivity index (χ3v) is 2.42. The highest BCUT2D eigenvalue weighted by atomic mass is 16.3. The first-order chi connectivity index (χ1) is 7.50. The van der Waals surface area contributed by atoms with Crippen LogP contribution >= 0.6 is 0 Å². The van der Waals surface area contributed by atoms with Gasteiger partial charge in [-0.3, -0.25) is 4.79 Å². The number of hydrogen-bond acceptors (Lipinski definition) is 3. The van der Waals surface area contributed by atoms with E-state index in [9.17, 15) is 9.90 Å². The van der Waals surface area contributed by atoms with Crippen molar-refractivity contribution in [3.05, 3.63) is 23.7 Å². The monoisotopic (exact) mass is 225 g/mol. The zero-order chi connectivity index (χ0) is 12.1. The van der Waals surface area contributed by atoms with Crippen LogP contribution in [0.4, 0.5) is 0 Å². The predicted molar refractivity (Wildman–Crippen MR) is 61.2 cm³/mol.